The second kappa shape index (κ2) is 7.45. The maximum Gasteiger partial charge on any atom is 0.315 e. The number of amides is 2. The van der Waals surface area contributed by atoms with E-state index in [1.165, 1.54) is 11.1 Å². The molecule has 5 heteroatoms. The van der Waals surface area contributed by atoms with Gasteiger partial charge in [-0.3, -0.25) is 4.98 Å². The van der Waals surface area contributed by atoms with Gasteiger partial charge in [0.15, 0.2) is 0 Å². The Morgan fingerprint density at radius 1 is 1.29 bits per heavy atom. The molecule has 0 saturated heterocycles. The number of aryl methyl sites for hydroxylation is 1. The number of carbonyl (C=O) groups excluding carboxylic acids is 1. The molecule has 3 rings (SSSR count). The normalized spacial score (nSPS) is 20.8. The zero-order valence-electron chi connectivity index (χ0n) is 13.8. The number of nitrogens with zero attached hydrogens (tertiary/aromatic N) is 1. The number of hydrogen-bond donors (Lipinski definition) is 3. The lowest BCUT2D eigenvalue weighted by atomic mass is 9.81. The first-order valence-corrected chi connectivity index (χ1v) is 8.35. The summed E-state index contributed by atoms with van der Waals surface area (Å²) in [6, 6.07) is 11.5. The molecule has 2 aromatic rings. The van der Waals surface area contributed by atoms with Gasteiger partial charge in [0.25, 0.3) is 0 Å². The minimum Gasteiger partial charge on any atom is -0.387 e. The fourth-order valence-electron chi connectivity index (χ4n) is 3.23. The van der Waals surface area contributed by atoms with E-state index in [4.69, 9.17) is 0 Å². The van der Waals surface area contributed by atoms with Crippen LogP contribution in [0.15, 0.2) is 48.8 Å². The second-order valence-electron chi connectivity index (χ2n) is 6.34. The summed E-state index contributed by atoms with van der Waals surface area (Å²) in [6.45, 7) is 2.32. The van der Waals surface area contributed by atoms with Gasteiger partial charge in [-0.15, -0.1) is 0 Å². The van der Waals surface area contributed by atoms with Gasteiger partial charge in [0.1, 0.15) is 0 Å². The molecule has 2 amide bonds. The number of benzene rings is 1. The number of hydrogen-bond acceptors (Lipinski definition) is 3. The Labute approximate surface area is 142 Å². The van der Waals surface area contributed by atoms with E-state index < -0.39 is 6.10 Å². The van der Waals surface area contributed by atoms with E-state index >= 15 is 0 Å². The molecule has 3 N–H and O–H groups in total. The average molecular weight is 325 g/mol. The van der Waals surface area contributed by atoms with Crippen LogP contribution in [0.3, 0.4) is 0 Å². The van der Waals surface area contributed by atoms with Gasteiger partial charge in [-0.1, -0.05) is 31.2 Å². The first-order valence-electron chi connectivity index (χ1n) is 8.35. The van der Waals surface area contributed by atoms with Gasteiger partial charge >= 0.3 is 6.03 Å². The zero-order chi connectivity index (χ0) is 16.9. The van der Waals surface area contributed by atoms with Crippen molar-refractivity contribution in [2.24, 2.45) is 5.92 Å². The monoisotopic (exact) mass is 325 g/mol. The lowest BCUT2D eigenvalue weighted by Gasteiger charge is -2.32. The highest BCUT2D eigenvalue weighted by Crippen LogP contribution is 2.33. The molecule has 0 fully saturated rings. The van der Waals surface area contributed by atoms with Crippen LogP contribution in [-0.2, 0) is 6.42 Å². The molecule has 1 aliphatic rings. The fourth-order valence-corrected chi connectivity index (χ4v) is 3.23. The average Bonchev–Trinajstić information content (AvgIpc) is 2.63. The Kier molecular flexibility index (Phi) is 5.11. The number of urea groups is 1. The van der Waals surface area contributed by atoms with Crippen LogP contribution < -0.4 is 10.6 Å². The molecule has 5 nitrogen and oxygen atoms in total. The topological polar surface area (TPSA) is 74.2 Å². The lowest BCUT2D eigenvalue weighted by Crippen LogP contribution is -2.42. The minimum absolute atomic E-state index is 0.00742. The molecule has 0 bridgehead atoms. The van der Waals surface area contributed by atoms with Gasteiger partial charge in [0.05, 0.1) is 12.1 Å². The van der Waals surface area contributed by atoms with Crippen molar-refractivity contribution in [3.63, 3.8) is 0 Å². The molecule has 3 atom stereocenters. The number of fused-ring (bicyclic) bond motifs is 1. The SMILES string of the molecule is CC1CCc2ccccc2C1NC(=O)NCC(O)c1ccncc1. The van der Waals surface area contributed by atoms with Crippen LogP contribution in [0.1, 0.15) is 42.2 Å². The molecule has 1 aromatic heterocycles. The molecule has 0 saturated carbocycles. The molecule has 3 unspecified atom stereocenters. The van der Waals surface area contributed by atoms with Crippen molar-refractivity contribution in [3.8, 4) is 0 Å². The third-order valence-corrected chi connectivity index (χ3v) is 4.66. The van der Waals surface area contributed by atoms with E-state index in [0.29, 0.717) is 5.92 Å². The van der Waals surface area contributed by atoms with Crippen LogP contribution in [0.5, 0.6) is 0 Å². The predicted molar refractivity (Wildman–Crippen MR) is 92.4 cm³/mol. The Bertz CT molecular complexity index is 690. The molecule has 24 heavy (non-hydrogen) atoms. The standard InChI is InChI=1S/C19H23N3O2/c1-13-6-7-14-4-2-3-5-16(14)18(13)22-19(24)21-12-17(23)15-8-10-20-11-9-15/h2-5,8-11,13,17-18,23H,6-7,12H2,1H3,(H2,21,22,24). The summed E-state index contributed by atoms with van der Waals surface area (Å²) >= 11 is 0. The van der Waals surface area contributed by atoms with Gasteiger partial charge in [-0.25, -0.2) is 4.79 Å². The molecule has 1 aliphatic carbocycles. The van der Waals surface area contributed by atoms with Crippen LogP contribution >= 0.6 is 0 Å². The van der Waals surface area contributed by atoms with Gasteiger partial charge in [-0.2, -0.15) is 0 Å². The summed E-state index contributed by atoms with van der Waals surface area (Å²) < 4.78 is 0. The van der Waals surface area contributed by atoms with Crippen molar-refractivity contribution in [1.82, 2.24) is 15.6 Å². The van der Waals surface area contributed by atoms with Crippen molar-refractivity contribution in [2.75, 3.05) is 6.54 Å². The fraction of sp³-hybridized carbons (Fsp3) is 0.368. The summed E-state index contributed by atoms with van der Waals surface area (Å²) in [4.78, 5) is 16.2. The van der Waals surface area contributed by atoms with Gasteiger partial charge in [0.2, 0.25) is 0 Å². The highest BCUT2D eigenvalue weighted by Gasteiger charge is 2.27. The van der Waals surface area contributed by atoms with Crippen molar-refractivity contribution in [3.05, 3.63) is 65.5 Å². The second-order valence-corrected chi connectivity index (χ2v) is 6.34. The van der Waals surface area contributed by atoms with Crippen molar-refractivity contribution < 1.29 is 9.90 Å². The van der Waals surface area contributed by atoms with E-state index in [0.717, 1.165) is 18.4 Å². The summed E-state index contributed by atoms with van der Waals surface area (Å²) in [7, 11) is 0. The number of aliphatic hydroxyl groups is 1. The van der Waals surface area contributed by atoms with Crippen molar-refractivity contribution in [1.29, 1.82) is 0 Å². The van der Waals surface area contributed by atoms with E-state index in [-0.39, 0.29) is 18.6 Å². The molecule has 126 valence electrons. The maximum atomic E-state index is 12.3. The molecular formula is C19H23N3O2. The van der Waals surface area contributed by atoms with Gasteiger partial charge < -0.3 is 15.7 Å². The highest BCUT2D eigenvalue weighted by molar-refractivity contribution is 5.74. The first kappa shape index (κ1) is 16.5. The third kappa shape index (κ3) is 3.74. The van der Waals surface area contributed by atoms with Crippen molar-refractivity contribution in [2.45, 2.75) is 31.9 Å². The first-order chi connectivity index (χ1) is 11.6. The molecule has 1 heterocycles. The summed E-state index contributed by atoms with van der Waals surface area (Å²) in [5, 5.41) is 15.9. The summed E-state index contributed by atoms with van der Waals surface area (Å²) in [5.41, 5.74) is 3.24. The largest absolute Gasteiger partial charge is 0.387 e. The predicted octanol–water partition coefficient (Wildman–Crippen LogP) is 2.74. The van der Waals surface area contributed by atoms with Gasteiger partial charge in [-0.05, 0) is 47.6 Å². The number of carbonyl (C=O) groups is 1. The third-order valence-electron chi connectivity index (χ3n) is 4.66. The van der Waals surface area contributed by atoms with Gasteiger partial charge in [0, 0.05) is 18.9 Å². The Balaban J connectivity index is 1.59. The zero-order valence-corrected chi connectivity index (χ0v) is 13.8. The summed E-state index contributed by atoms with van der Waals surface area (Å²) in [6.07, 6.45) is 4.62. The lowest BCUT2D eigenvalue weighted by molar-refractivity contribution is 0.171. The van der Waals surface area contributed by atoms with Crippen LogP contribution in [0.4, 0.5) is 4.79 Å². The molecule has 1 aromatic carbocycles. The van der Waals surface area contributed by atoms with Crippen molar-refractivity contribution >= 4 is 6.03 Å². The Hall–Kier alpha value is -2.40. The maximum absolute atomic E-state index is 12.3. The van der Waals surface area contributed by atoms with Crippen LogP contribution in [-0.4, -0.2) is 22.7 Å². The Morgan fingerprint density at radius 3 is 2.83 bits per heavy atom. The smallest absolute Gasteiger partial charge is 0.315 e. The minimum atomic E-state index is -0.741. The highest BCUT2D eigenvalue weighted by atomic mass is 16.3. The number of rotatable bonds is 4. The van der Waals surface area contributed by atoms with E-state index in [1.807, 2.05) is 12.1 Å². The quantitative estimate of drug-likeness (QED) is 0.809. The molecule has 0 radical (unpaired) electrons. The molecule has 0 aliphatic heterocycles. The van der Waals surface area contributed by atoms with E-state index in [2.05, 4.69) is 34.7 Å². The number of aromatic nitrogens is 1. The van der Waals surface area contributed by atoms with Crippen LogP contribution in [0.2, 0.25) is 0 Å². The number of nitrogens with one attached hydrogen (secondary N) is 2. The summed E-state index contributed by atoms with van der Waals surface area (Å²) in [5.74, 6) is 0.385. The van der Waals surface area contributed by atoms with Crippen LogP contribution in [0, 0.1) is 5.92 Å². The molecular weight excluding hydrogens is 302 g/mol. The number of aliphatic hydroxyl groups excluding tert-OH is 1. The Morgan fingerprint density at radius 2 is 2.04 bits per heavy atom. The van der Waals surface area contributed by atoms with E-state index in [9.17, 15) is 9.90 Å². The number of pyridine rings is 1. The van der Waals surface area contributed by atoms with Crippen LogP contribution in [0.25, 0.3) is 0 Å². The molecule has 0 spiro atoms. The van der Waals surface area contributed by atoms with E-state index in [1.54, 1.807) is 24.5 Å².